The summed E-state index contributed by atoms with van der Waals surface area (Å²) in [5, 5.41) is 2.58. The number of carbonyl (C=O) groups is 2. The lowest BCUT2D eigenvalue weighted by Crippen LogP contribution is -2.38. The first-order valence-electron chi connectivity index (χ1n) is 9.33. The van der Waals surface area contributed by atoms with Crippen molar-refractivity contribution in [3.05, 3.63) is 84.2 Å². The number of hydrogen-bond donors (Lipinski definition) is 2. The third kappa shape index (κ3) is 5.03. The molecule has 10 heteroatoms. The molecular weight excluding hydrogens is 437 g/mol. The Hall–Kier alpha value is -3.92. The van der Waals surface area contributed by atoms with Crippen molar-refractivity contribution in [1.82, 2.24) is 0 Å². The minimum absolute atomic E-state index is 0.138. The number of nitrogens with one attached hydrogen (secondary N) is 1. The predicted molar refractivity (Wildman–Crippen MR) is 118 cm³/mol. The van der Waals surface area contributed by atoms with E-state index in [0.717, 1.165) is 28.6 Å². The SMILES string of the molecule is COc1ccccc1N(CC(=O)Nc1ccc(C(N)=O)cc1)S(=O)(=O)c1ccc(F)cc1. The minimum Gasteiger partial charge on any atom is -0.495 e. The molecular formula is C22H20FN3O5S. The minimum atomic E-state index is -4.24. The van der Waals surface area contributed by atoms with Gasteiger partial charge in [-0.2, -0.15) is 0 Å². The fraction of sp³-hybridized carbons (Fsp3) is 0.0909. The third-order valence-corrected chi connectivity index (χ3v) is 6.27. The summed E-state index contributed by atoms with van der Waals surface area (Å²) in [6.45, 7) is -0.586. The summed E-state index contributed by atoms with van der Waals surface area (Å²) < 4.78 is 46.2. The van der Waals surface area contributed by atoms with Gasteiger partial charge in [0, 0.05) is 11.3 Å². The van der Waals surface area contributed by atoms with Crippen LogP contribution in [0.1, 0.15) is 10.4 Å². The van der Waals surface area contributed by atoms with Crippen LogP contribution in [0.5, 0.6) is 5.75 Å². The van der Waals surface area contributed by atoms with Crippen LogP contribution in [-0.4, -0.2) is 33.9 Å². The first-order valence-corrected chi connectivity index (χ1v) is 10.8. The Morgan fingerprint density at radius 3 is 2.22 bits per heavy atom. The number of anilines is 2. The van der Waals surface area contributed by atoms with Gasteiger partial charge in [-0.05, 0) is 60.7 Å². The Labute approximate surface area is 184 Å². The number of benzene rings is 3. The first-order chi connectivity index (χ1) is 15.2. The Bertz CT molecular complexity index is 1230. The van der Waals surface area contributed by atoms with E-state index < -0.39 is 34.2 Å². The van der Waals surface area contributed by atoms with E-state index >= 15 is 0 Å². The fourth-order valence-corrected chi connectivity index (χ4v) is 4.35. The van der Waals surface area contributed by atoms with Crippen LogP contribution in [0, 0.1) is 5.82 Å². The number of primary amides is 1. The summed E-state index contributed by atoms with van der Waals surface area (Å²) in [5.41, 5.74) is 5.95. The molecule has 0 spiro atoms. The number of para-hydroxylation sites is 2. The van der Waals surface area contributed by atoms with Crippen LogP contribution in [0.15, 0.2) is 77.7 Å². The maximum absolute atomic E-state index is 13.3. The highest BCUT2D eigenvalue weighted by atomic mass is 32.2. The average molecular weight is 457 g/mol. The zero-order valence-electron chi connectivity index (χ0n) is 17.0. The van der Waals surface area contributed by atoms with Gasteiger partial charge in [-0.15, -0.1) is 0 Å². The molecule has 0 radical (unpaired) electrons. The summed E-state index contributed by atoms with van der Waals surface area (Å²) in [7, 11) is -2.87. The van der Waals surface area contributed by atoms with Gasteiger partial charge >= 0.3 is 0 Å². The summed E-state index contributed by atoms with van der Waals surface area (Å²) in [5.74, 6) is -1.62. The molecule has 166 valence electrons. The van der Waals surface area contributed by atoms with Crippen molar-refractivity contribution >= 4 is 33.2 Å². The highest BCUT2D eigenvalue weighted by molar-refractivity contribution is 7.92. The predicted octanol–water partition coefficient (Wildman–Crippen LogP) is 2.77. The van der Waals surface area contributed by atoms with E-state index in [9.17, 15) is 22.4 Å². The second-order valence-corrected chi connectivity index (χ2v) is 8.49. The van der Waals surface area contributed by atoms with Crippen molar-refractivity contribution in [1.29, 1.82) is 0 Å². The maximum atomic E-state index is 13.3. The molecule has 3 aromatic carbocycles. The molecule has 0 aliphatic rings. The number of rotatable bonds is 8. The van der Waals surface area contributed by atoms with Crippen LogP contribution in [-0.2, 0) is 14.8 Å². The molecule has 3 aromatic rings. The van der Waals surface area contributed by atoms with Crippen molar-refractivity contribution in [3.8, 4) is 5.75 Å². The van der Waals surface area contributed by atoms with Crippen LogP contribution in [0.25, 0.3) is 0 Å². The van der Waals surface area contributed by atoms with E-state index in [0.29, 0.717) is 5.69 Å². The largest absolute Gasteiger partial charge is 0.495 e. The topological polar surface area (TPSA) is 119 Å². The molecule has 0 fully saturated rings. The number of amides is 2. The lowest BCUT2D eigenvalue weighted by Gasteiger charge is -2.25. The fourth-order valence-electron chi connectivity index (χ4n) is 2.92. The standard InChI is InChI=1S/C22H20FN3O5S/c1-31-20-5-3-2-4-19(20)26(32(29,30)18-12-8-16(23)9-13-18)14-21(27)25-17-10-6-15(7-11-17)22(24)28/h2-13H,14H2,1H3,(H2,24,28)(H,25,27). The molecule has 0 aliphatic carbocycles. The number of sulfonamides is 1. The zero-order valence-corrected chi connectivity index (χ0v) is 17.8. The summed E-state index contributed by atoms with van der Waals surface area (Å²) >= 11 is 0. The monoisotopic (exact) mass is 457 g/mol. The van der Waals surface area contributed by atoms with Gasteiger partial charge in [-0.1, -0.05) is 12.1 Å². The van der Waals surface area contributed by atoms with E-state index in [1.165, 1.54) is 37.4 Å². The molecule has 0 aromatic heterocycles. The van der Waals surface area contributed by atoms with Crippen molar-refractivity contribution < 1.29 is 27.1 Å². The third-order valence-electron chi connectivity index (χ3n) is 4.50. The molecule has 8 nitrogen and oxygen atoms in total. The molecule has 0 unspecified atom stereocenters. The quantitative estimate of drug-likeness (QED) is 0.539. The maximum Gasteiger partial charge on any atom is 0.264 e. The highest BCUT2D eigenvalue weighted by Crippen LogP contribution is 2.32. The second kappa shape index (κ2) is 9.48. The van der Waals surface area contributed by atoms with Gasteiger partial charge in [-0.25, -0.2) is 12.8 Å². The summed E-state index contributed by atoms with van der Waals surface area (Å²) in [6.07, 6.45) is 0. The Balaban J connectivity index is 1.94. The number of nitrogens with zero attached hydrogens (tertiary/aromatic N) is 1. The van der Waals surface area contributed by atoms with Crippen LogP contribution in [0.3, 0.4) is 0 Å². The molecule has 3 N–H and O–H groups in total. The zero-order chi connectivity index (χ0) is 23.3. The number of methoxy groups -OCH3 is 1. The number of ether oxygens (including phenoxy) is 1. The molecule has 0 saturated carbocycles. The van der Waals surface area contributed by atoms with Gasteiger partial charge in [0.25, 0.3) is 10.0 Å². The molecule has 32 heavy (non-hydrogen) atoms. The van der Waals surface area contributed by atoms with Crippen LogP contribution >= 0.6 is 0 Å². The lowest BCUT2D eigenvalue weighted by atomic mass is 10.2. The van der Waals surface area contributed by atoms with Gasteiger partial charge in [0.15, 0.2) is 0 Å². The van der Waals surface area contributed by atoms with E-state index in [4.69, 9.17) is 10.5 Å². The number of carbonyl (C=O) groups excluding carboxylic acids is 2. The normalized spacial score (nSPS) is 10.9. The lowest BCUT2D eigenvalue weighted by molar-refractivity contribution is -0.114. The molecule has 3 rings (SSSR count). The van der Waals surface area contributed by atoms with Crippen LogP contribution < -0.4 is 20.1 Å². The Morgan fingerprint density at radius 1 is 1.00 bits per heavy atom. The van der Waals surface area contributed by atoms with Crippen LogP contribution in [0.4, 0.5) is 15.8 Å². The van der Waals surface area contributed by atoms with Gasteiger partial charge in [0.05, 0.1) is 17.7 Å². The van der Waals surface area contributed by atoms with Gasteiger partial charge in [0.2, 0.25) is 11.8 Å². The van der Waals surface area contributed by atoms with E-state index in [2.05, 4.69) is 5.32 Å². The van der Waals surface area contributed by atoms with Gasteiger partial charge in [-0.3, -0.25) is 13.9 Å². The van der Waals surface area contributed by atoms with Crippen molar-refractivity contribution in [3.63, 3.8) is 0 Å². The van der Waals surface area contributed by atoms with E-state index in [-0.39, 0.29) is 21.9 Å². The number of hydrogen-bond acceptors (Lipinski definition) is 5. The van der Waals surface area contributed by atoms with Crippen molar-refractivity contribution in [2.24, 2.45) is 5.73 Å². The Kier molecular flexibility index (Phi) is 6.74. The van der Waals surface area contributed by atoms with Crippen molar-refractivity contribution in [2.45, 2.75) is 4.90 Å². The van der Waals surface area contributed by atoms with E-state index in [1.807, 2.05) is 0 Å². The Morgan fingerprint density at radius 2 is 1.62 bits per heavy atom. The van der Waals surface area contributed by atoms with Crippen LogP contribution in [0.2, 0.25) is 0 Å². The number of nitrogens with two attached hydrogens (primary N) is 1. The first kappa shape index (κ1) is 22.8. The molecule has 2 amide bonds. The molecule has 0 aliphatic heterocycles. The molecule has 0 atom stereocenters. The van der Waals surface area contributed by atoms with Gasteiger partial charge < -0.3 is 15.8 Å². The van der Waals surface area contributed by atoms with Crippen molar-refractivity contribution in [2.75, 3.05) is 23.3 Å². The second-order valence-electron chi connectivity index (χ2n) is 6.63. The molecule has 0 heterocycles. The molecule has 0 bridgehead atoms. The summed E-state index contributed by atoms with van der Waals surface area (Å²) in [6, 6.07) is 16.4. The van der Waals surface area contributed by atoms with E-state index in [1.54, 1.807) is 18.2 Å². The average Bonchev–Trinajstić information content (AvgIpc) is 2.78. The highest BCUT2D eigenvalue weighted by Gasteiger charge is 2.29. The van der Waals surface area contributed by atoms with Gasteiger partial charge in [0.1, 0.15) is 18.1 Å². The molecule has 0 saturated heterocycles. The smallest absolute Gasteiger partial charge is 0.264 e. The number of halogens is 1. The summed E-state index contributed by atoms with van der Waals surface area (Å²) in [4.78, 5) is 23.7.